The van der Waals surface area contributed by atoms with Crippen molar-refractivity contribution in [3.63, 3.8) is 0 Å². The Morgan fingerprint density at radius 1 is 0.373 bits per heavy atom. The molecule has 0 saturated carbocycles. The van der Waals surface area contributed by atoms with Gasteiger partial charge in [-0.15, -0.1) is 11.3 Å². The highest BCUT2D eigenvalue weighted by Gasteiger charge is 2.35. The molecule has 0 fully saturated rings. The van der Waals surface area contributed by atoms with Crippen LogP contribution in [0.3, 0.4) is 0 Å². The van der Waals surface area contributed by atoms with Crippen LogP contribution in [0.4, 0.5) is 0 Å². The van der Waals surface area contributed by atoms with Crippen LogP contribution in [0.25, 0.3) is 113 Å². The van der Waals surface area contributed by atoms with E-state index in [-0.39, 0.29) is 5.41 Å². The first-order valence-electron chi connectivity index (χ1n) is 20.6. The third kappa shape index (κ3) is 4.61. The molecule has 0 N–H and O–H groups in total. The van der Waals surface area contributed by atoms with Crippen molar-refractivity contribution in [1.29, 1.82) is 0 Å². The van der Waals surface area contributed by atoms with E-state index in [0.29, 0.717) is 0 Å². The molecule has 0 amide bonds. The minimum Gasteiger partial charge on any atom is -0.309 e. The van der Waals surface area contributed by atoms with Gasteiger partial charge in [-0.1, -0.05) is 147 Å². The minimum absolute atomic E-state index is 0.00488. The molecule has 2 heteroatoms. The lowest BCUT2D eigenvalue weighted by Crippen LogP contribution is -2.14. The van der Waals surface area contributed by atoms with Gasteiger partial charge in [-0.05, 0) is 126 Å². The van der Waals surface area contributed by atoms with Gasteiger partial charge in [0, 0.05) is 47.4 Å². The van der Waals surface area contributed by atoms with Crippen molar-refractivity contribution < 1.29 is 0 Å². The Bertz CT molecular complexity index is 3750. The molecule has 2 heterocycles. The quantitative estimate of drug-likeness (QED) is 0.158. The smallest absolute Gasteiger partial charge is 0.0625 e. The third-order valence-corrected chi connectivity index (χ3v) is 14.5. The fraction of sp³-hybridized carbons (Fsp3) is 0.0526. The van der Waals surface area contributed by atoms with Crippen molar-refractivity contribution >= 4 is 85.6 Å². The second kappa shape index (κ2) is 12.0. The molecule has 0 aliphatic heterocycles. The van der Waals surface area contributed by atoms with E-state index in [2.05, 4.69) is 206 Å². The van der Waals surface area contributed by atoms with Gasteiger partial charge in [0.05, 0.1) is 11.0 Å². The van der Waals surface area contributed by atoms with E-state index in [4.69, 9.17) is 0 Å². The van der Waals surface area contributed by atoms with Gasteiger partial charge in [0.15, 0.2) is 0 Å². The highest BCUT2D eigenvalue weighted by Crippen LogP contribution is 2.50. The monoisotopic (exact) mass is 767 g/mol. The van der Waals surface area contributed by atoms with Gasteiger partial charge in [0.25, 0.3) is 0 Å². The SMILES string of the molecule is CC1(C)c2ccccc2-c2cc(-c3ccc4sc5ccc(-c6ccc7c(c6)c6ccccc6c6ccc8c9ccccc9n(-c9ccccc9)c8c67)cc5c4c3)ccc21. The lowest BCUT2D eigenvalue weighted by atomic mass is 9.82. The van der Waals surface area contributed by atoms with Crippen molar-refractivity contribution in [1.82, 2.24) is 4.57 Å². The number of benzene rings is 10. The van der Waals surface area contributed by atoms with Crippen LogP contribution in [0, 0.1) is 0 Å². The molecular formula is C57H37NS. The van der Waals surface area contributed by atoms with Gasteiger partial charge in [-0.3, -0.25) is 0 Å². The molecule has 12 aromatic rings. The molecular weight excluding hydrogens is 731 g/mol. The van der Waals surface area contributed by atoms with Crippen LogP contribution in [0.5, 0.6) is 0 Å². The first kappa shape index (κ1) is 33.0. The van der Waals surface area contributed by atoms with E-state index in [1.807, 2.05) is 11.3 Å². The highest BCUT2D eigenvalue weighted by molar-refractivity contribution is 7.25. The van der Waals surface area contributed by atoms with Crippen LogP contribution in [-0.2, 0) is 5.41 Å². The summed E-state index contributed by atoms with van der Waals surface area (Å²) in [6.07, 6.45) is 0. The molecule has 0 radical (unpaired) electrons. The average molecular weight is 768 g/mol. The van der Waals surface area contributed by atoms with Crippen molar-refractivity contribution in [3.05, 3.63) is 199 Å². The Labute approximate surface area is 346 Å². The zero-order valence-electron chi connectivity index (χ0n) is 32.8. The van der Waals surface area contributed by atoms with E-state index in [1.54, 1.807) is 0 Å². The summed E-state index contributed by atoms with van der Waals surface area (Å²) in [6, 6.07) is 70.6. The van der Waals surface area contributed by atoms with Gasteiger partial charge in [0.2, 0.25) is 0 Å². The number of hydrogen-bond donors (Lipinski definition) is 0. The fourth-order valence-electron chi connectivity index (χ4n) is 10.6. The standard InChI is InChI=1S/C57H37NS/c1-57(2)50-18-10-8-16-41(50)47-31-35(21-27-51(47)57)37-23-29-54-49(33-37)48-32-36(22-28-53(48)59-54)34-20-24-44-46(30-34)40-15-7-6-14-39(40)43-25-26-45-42-17-9-11-19-52(42)58(56(45)55(43)44)38-12-4-3-5-13-38/h3-33H,1-2H3. The van der Waals surface area contributed by atoms with Gasteiger partial charge < -0.3 is 4.57 Å². The first-order chi connectivity index (χ1) is 29.0. The van der Waals surface area contributed by atoms with E-state index < -0.39 is 0 Å². The van der Waals surface area contributed by atoms with Crippen molar-refractivity contribution in [2.45, 2.75) is 19.3 Å². The van der Waals surface area contributed by atoms with Crippen molar-refractivity contribution in [2.24, 2.45) is 0 Å². The molecule has 0 atom stereocenters. The predicted molar refractivity (Wildman–Crippen MR) is 255 cm³/mol. The zero-order valence-corrected chi connectivity index (χ0v) is 33.6. The van der Waals surface area contributed by atoms with E-state index in [9.17, 15) is 0 Å². The van der Waals surface area contributed by atoms with Crippen LogP contribution >= 0.6 is 11.3 Å². The summed E-state index contributed by atoms with van der Waals surface area (Å²) < 4.78 is 5.11. The van der Waals surface area contributed by atoms with Crippen molar-refractivity contribution in [3.8, 4) is 39.1 Å². The maximum atomic E-state index is 2.47. The summed E-state index contributed by atoms with van der Waals surface area (Å²) in [5, 5.41) is 12.9. The Morgan fingerprint density at radius 2 is 0.898 bits per heavy atom. The van der Waals surface area contributed by atoms with E-state index in [1.165, 1.54) is 124 Å². The number of fused-ring (bicyclic) bond motifs is 16. The number of rotatable bonds is 3. The Morgan fingerprint density at radius 3 is 1.66 bits per heavy atom. The normalized spacial score (nSPS) is 13.4. The molecule has 1 aliphatic carbocycles. The number of para-hydroxylation sites is 2. The molecule has 10 aromatic carbocycles. The van der Waals surface area contributed by atoms with Crippen LogP contribution in [0.15, 0.2) is 188 Å². The maximum Gasteiger partial charge on any atom is 0.0625 e. The van der Waals surface area contributed by atoms with Gasteiger partial charge in [-0.25, -0.2) is 0 Å². The van der Waals surface area contributed by atoms with Gasteiger partial charge in [-0.2, -0.15) is 0 Å². The summed E-state index contributed by atoms with van der Waals surface area (Å²) in [7, 11) is 0. The number of thiophene rings is 1. The summed E-state index contributed by atoms with van der Waals surface area (Å²) in [4.78, 5) is 0. The lowest BCUT2D eigenvalue weighted by Gasteiger charge is -2.21. The summed E-state index contributed by atoms with van der Waals surface area (Å²) >= 11 is 1.89. The Hall–Kier alpha value is -7.00. The molecule has 0 spiro atoms. The van der Waals surface area contributed by atoms with Crippen LogP contribution in [-0.4, -0.2) is 4.57 Å². The van der Waals surface area contributed by atoms with Crippen LogP contribution in [0.2, 0.25) is 0 Å². The molecule has 1 nitrogen and oxygen atoms in total. The minimum atomic E-state index is 0.00488. The first-order valence-corrected chi connectivity index (χ1v) is 21.4. The summed E-state index contributed by atoms with van der Waals surface area (Å²) in [5.41, 5.74) is 14.2. The predicted octanol–water partition coefficient (Wildman–Crippen LogP) is 16.3. The number of aromatic nitrogens is 1. The Kier molecular flexibility index (Phi) is 6.73. The van der Waals surface area contributed by atoms with Gasteiger partial charge >= 0.3 is 0 Å². The molecule has 0 saturated heterocycles. The molecule has 276 valence electrons. The summed E-state index contributed by atoms with van der Waals surface area (Å²) in [5.74, 6) is 0. The molecule has 59 heavy (non-hydrogen) atoms. The van der Waals surface area contributed by atoms with E-state index in [0.717, 1.165) is 0 Å². The van der Waals surface area contributed by atoms with Gasteiger partial charge in [0.1, 0.15) is 0 Å². The van der Waals surface area contributed by atoms with Crippen LogP contribution < -0.4 is 0 Å². The second-order valence-electron chi connectivity index (χ2n) is 16.8. The number of hydrogen-bond acceptors (Lipinski definition) is 1. The highest BCUT2D eigenvalue weighted by atomic mass is 32.1. The maximum absolute atomic E-state index is 2.47. The molecule has 13 rings (SSSR count). The Balaban J connectivity index is 1.01. The third-order valence-electron chi connectivity index (χ3n) is 13.4. The topological polar surface area (TPSA) is 4.93 Å². The fourth-order valence-corrected chi connectivity index (χ4v) is 11.6. The van der Waals surface area contributed by atoms with Crippen molar-refractivity contribution in [2.75, 3.05) is 0 Å². The number of nitrogens with zero attached hydrogens (tertiary/aromatic N) is 1. The zero-order chi connectivity index (χ0) is 39.0. The molecule has 0 bridgehead atoms. The second-order valence-corrected chi connectivity index (χ2v) is 17.9. The van der Waals surface area contributed by atoms with E-state index >= 15 is 0 Å². The van der Waals surface area contributed by atoms with Crippen LogP contribution in [0.1, 0.15) is 25.0 Å². The molecule has 0 unspecified atom stereocenters. The summed E-state index contributed by atoms with van der Waals surface area (Å²) in [6.45, 7) is 4.70. The molecule has 2 aromatic heterocycles. The average Bonchev–Trinajstić information content (AvgIpc) is 3.91. The largest absolute Gasteiger partial charge is 0.309 e. The lowest BCUT2D eigenvalue weighted by molar-refractivity contribution is 0.660. The molecule has 1 aliphatic rings.